The van der Waals surface area contributed by atoms with Crippen molar-refractivity contribution in [1.82, 2.24) is 0 Å². The maximum atomic E-state index is 12.8. The summed E-state index contributed by atoms with van der Waals surface area (Å²) in [6.07, 6.45) is 0. The lowest BCUT2D eigenvalue weighted by molar-refractivity contribution is -0.116. The van der Waals surface area contributed by atoms with Gasteiger partial charge < -0.3 is 14.9 Å². The van der Waals surface area contributed by atoms with Crippen LogP contribution in [0.4, 0.5) is 11.4 Å². The minimum Gasteiger partial charge on any atom is -0.510 e. The number of Topliss-reactive ketones (excluding diaryl/α,β-unsaturated/α-hetero) is 1. The monoisotopic (exact) mass is 378 g/mol. The largest absolute Gasteiger partial charge is 0.510 e. The van der Waals surface area contributed by atoms with Crippen LogP contribution in [0.3, 0.4) is 0 Å². The molecule has 4 heteroatoms. The molecule has 28 heavy (non-hydrogen) atoms. The Hall–Kier alpha value is -2.75. The third kappa shape index (κ3) is 3.51. The van der Waals surface area contributed by atoms with Gasteiger partial charge in [0.15, 0.2) is 5.78 Å². The first-order chi connectivity index (χ1) is 13.5. The topological polar surface area (TPSA) is 43.8 Å². The van der Waals surface area contributed by atoms with Crippen LogP contribution in [-0.2, 0) is 4.79 Å². The van der Waals surface area contributed by atoms with E-state index < -0.39 is 5.92 Å². The number of benzene rings is 2. The summed E-state index contributed by atoms with van der Waals surface area (Å²) in [5, 5.41) is 10.6. The molecule has 0 bridgehead atoms. The molecule has 0 amide bonds. The van der Waals surface area contributed by atoms with E-state index in [-0.39, 0.29) is 11.5 Å². The quantitative estimate of drug-likeness (QED) is 0.701. The Morgan fingerprint density at radius 2 is 1.18 bits per heavy atom. The van der Waals surface area contributed by atoms with Crippen molar-refractivity contribution >= 4 is 22.7 Å². The van der Waals surface area contributed by atoms with E-state index in [0.717, 1.165) is 48.7 Å². The van der Waals surface area contributed by atoms with E-state index in [0.29, 0.717) is 5.57 Å². The van der Waals surface area contributed by atoms with Crippen LogP contribution in [0, 0.1) is 0 Å². The molecular weight excluding hydrogens is 348 g/mol. The maximum absolute atomic E-state index is 12.8. The highest BCUT2D eigenvalue weighted by atomic mass is 16.3. The fourth-order valence-electron chi connectivity index (χ4n) is 3.95. The molecule has 0 aromatic heterocycles. The Kier molecular flexibility index (Phi) is 6.08. The number of aliphatic hydroxyl groups excluding tert-OH is 1. The summed E-state index contributed by atoms with van der Waals surface area (Å²) in [4.78, 5) is 17.3. The lowest BCUT2D eigenvalue weighted by Gasteiger charge is -2.29. The second kappa shape index (κ2) is 8.51. The average Bonchev–Trinajstić information content (AvgIpc) is 2.72. The van der Waals surface area contributed by atoms with Gasteiger partial charge in [0.1, 0.15) is 11.7 Å². The summed E-state index contributed by atoms with van der Waals surface area (Å²) in [7, 11) is 0. The number of aliphatic hydroxyl groups is 1. The molecule has 1 unspecified atom stereocenters. The number of anilines is 2. The highest BCUT2D eigenvalue weighted by molar-refractivity contribution is 6.31. The summed E-state index contributed by atoms with van der Waals surface area (Å²) < 4.78 is 0. The molecule has 2 aromatic carbocycles. The molecule has 0 heterocycles. The first-order valence-electron chi connectivity index (χ1n) is 10.2. The van der Waals surface area contributed by atoms with Crippen molar-refractivity contribution in [2.24, 2.45) is 0 Å². The van der Waals surface area contributed by atoms with E-state index in [9.17, 15) is 9.90 Å². The van der Waals surface area contributed by atoms with Crippen molar-refractivity contribution < 1.29 is 9.90 Å². The van der Waals surface area contributed by atoms with Crippen molar-refractivity contribution in [3.63, 3.8) is 0 Å². The van der Waals surface area contributed by atoms with Crippen molar-refractivity contribution in [3.05, 3.63) is 65.4 Å². The fraction of sp³-hybridized carbons (Fsp3) is 0.375. The molecule has 4 nitrogen and oxygen atoms in total. The van der Waals surface area contributed by atoms with Gasteiger partial charge in [0, 0.05) is 37.6 Å². The van der Waals surface area contributed by atoms with Crippen LogP contribution < -0.4 is 9.80 Å². The van der Waals surface area contributed by atoms with Crippen LogP contribution in [0.1, 0.15) is 44.7 Å². The zero-order valence-electron chi connectivity index (χ0n) is 17.3. The summed E-state index contributed by atoms with van der Waals surface area (Å²) in [5.41, 5.74) is 4.35. The Bertz CT molecular complexity index is 845. The van der Waals surface area contributed by atoms with E-state index in [1.54, 1.807) is 0 Å². The lowest BCUT2D eigenvalue weighted by Crippen LogP contribution is -2.28. The smallest absolute Gasteiger partial charge is 0.181 e. The number of ketones is 1. The number of nitrogens with zero attached hydrogens (tertiary/aromatic N) is 2. The summed E-state index contributed by atoms with van der Waals surface area (Å²) in [6, 6.07) is 15.8. The van der Waals surface area contributed by atoms with Crippen molar-refractivity contribution in [3.8, 4) is 0 Å². The van der Waals surface area contributed by atoms with Crippen molar-refractivity contribution in [1.29, 1.82) is 0 Å². The Morgan fingerprint density at radius 1 is 0.750 bits per heavy atom. The molecule has 0 saturated heterocycles. The Labute approximate surface area is 168 Å². The number of hydrogen-bond acceptors (Lipinski definition) is 4. The van der Waals surface area contributed by atoms with E-state index in [1.807, 2.05) is 48.5 Å². The van der Waals surface area contributed by atoms with Crippen LogP contribution in [-0.4, -0.2) is 37.1 Å². The number of rotatable bonds is 8. The van der Waals surface area contributed by atoms with Gasteiger partial charge in [0.25, 0.3) is 0 Å². The second-order valence-corrected chi connectivity index (χ2v) is 7.04. The minimum absolute atomic E-state index is 0.0105. The van der Waals surface area contributed by atoms with Crippen LogP contribution in [0.25, 0.3) is 5.57 Å². The molecular formula is C24H30N2O2. The van der Waals surface area contributed by atoms with Crippen molar-refractivity contribution in [2.45, 2.75) is 33.6 Å². The van der Waals surface area contributed by atoms with E-state index in [2.05, 4.69) is 37.5 Å². The molecule has 2 aromatic rings. The number of hydrogen-bond donors (Lipinski definition) is 1. The predicted molar refractivity (Wildman–Crippen MR) is 117 cm³/mol. The van der Waals surface area contributed by atoms with E-state index >= 15 is 0 Å². The molecule has 3 rings (SSSR count). The van der Waals surface area contributed by atoms with Gasteiger partial charge in [-0.2, -0.15) is 0 Å². The van der Waals surface area contributed by atoms with Crippen LogP contribution in [0.15, 0.2) is 54.3 Å². The summed E-state index contributed by atoms with van der Waals surface area (Å²) in [6.45, 7) is 12.3. The van der Waals surface area contributed by atoms with Gasteiger partial charge in [-0.15, -0.1) is 0 Å². The molecule has 0 radical (unpaired) electrons. The second-order valence-electron chi connectivity index (χ2n) is 7.04. The van der Waals surface area contributed by atoms with E-state index in [1.165, 1.54) is 0 Å². The van der Waals surface area contributed by atoms with E-state index in [4.69, 9.17) is 0 Å². The minimum atomic E-state index is -0.539. The van der Waals surface area contributed by atoms with Gasteiger partial charge >= 0.3 is 0 Å². The van der Waals surface area contributed by atoms with Gasteiger partial charge in [0.05, 0.1) is 5.57 Å². The predicted octanol–water partition coefficient (Wildman–Crippen LogP) is 5.01. The van der Waals surface area contributed by atoms with Crippen LogP contribution >= 0.6 is 0 Å². The van der Waals surface area contributed by atoms with Gasteiger partial charge in [-0.1, -0.05) is 24.3 Å². The maximum Gasteiger partial charge on any atom is 0.181 e. The molecule has 0 saturated carbocycles. The van der Waals surface area contributed by atoms with Gasteiger partial charge in [0.2, 0.25) is 0 Å². The third-order valence-electron chi connectivity index (χ3n) is 5.68. The first-order valence-corrected chi connectivity index (χ1v) is 10.2. The Morgan fingerprint density at radius 3 is 1.57 bits per heavy atom. The normalized spacial score (nSPS) is 16.1. The molecule has 1 N–H and O–H groups in total. The van der Waals surface area contributed by atoms with Crippen LogP contribution in [0.5, 0.6) is 0 Å². The first kappa shape index (κ1) is 20.0. The zero-order valence-corrected chi connectivity index (χ0v) is 17.3. The average molecular weight is 379 g/mol. The van der Waals surface area contributed by atoms with Crippen molar-refractivity contribution in [2.75, 3.05) is 36.0 Å². The zero-order chi connectivity index (χ0) is 20.3. The number of carbonyl (C=O) groups excluding carboxylic acids is 1. The molecule has 1 aliphatic carbocycles. The van der Waals surface area contributed by atoms with Gasteiger partial charge in [-0.3, -0.25) is 4.79 Å². The standard InChI is InChI=1S/C24H30N2O2/c1-5-25(6-2)19-13-9-17(10-14-19)21-23(27)22(24(21)28)18-11-15-20(16-12-18)26(7-3)8-4/h9-16,21,27H,5-8H2,1-4H3. The SMILES string of the molecule is CCN(CC)c1ccc(C2=C(O)C(c3ccc(N(CC)CC)cc3)C2=O)cc1. The summed E-state index contributed by atoms with van der Waals surface area (Å²) in [5.74, 6) is -0.372. The molecule has 0 aliphatic heterocycles. The highest BCUT2D eigenvalue weighted by Gasteiger charge is 2.41. The lowest BCUT2D eigenvalue weighted by atomic mass is 9.75. The molecule has 148 valence electrons. The fourth-order valence-corrected chi connectivity index (χ4v) is 3.95. The van der Waals surface area contributed by atoms with Crippen LogP contribution in [0.2, 0.25) is 0 Å². The molecule has 0 fully saturated rings. The Balaban J connectivity index is 1.82. The van der Waals surface area contributed by atoms with Gasteiger partial charge in [-0.25, -0.2) is 0 Å². The molecule has 1 aliphatic rings. The number of carbonyl (C=O) groups is 1. The highest BCUT2D eigenvalue weighted by Crippen LogP contribution is 2.43. The number of allylic oxidation sites excluding steroid dienone is 2. The van der Waals surface area contributed by atoms with Gasteiger partial charge in [-0.05, 0) is 63.1 Å². The molecule has 1 atom stereocenters. The third-order valence-corrected chi connectivity index (χ3v) is 5.68. The molecule has 0 spiro atoms. The summed E-state index contributed by atoms with van der Waals surface area (Å²) >= 11 is 0.